The molecule has 0 bridgehead atoms. The van der Waals surface area contributed by atoms with Crippen molar-refractivity contribution in [3.8, 4) is 6.07 Å². The number of carbonyl (C=O) groups excluding carboxylic acids is 1. The van der Waals surface area contributed by atoms with Crippen LogP contribution in [0.15, 0.2) is 12.3 Å². The minimum atomic E-state index is -0.325. The lowest BCUT2D eigenvalue weighted by atomic mass is 10.0. The summed E-state index contributed by atoms with van der Waals surface area (Å²) in [5, 5.41) is 20.1. The molecule has 0 unspecified atom stereocenters. The van der Waals surface area contributed by atoms with Gasteiger partial charge in [0, 0.05) is 17.5 Å². The maximum Gasteiger partial charge on any atom is 0.407 e. The van der Waals surface area contributed by atoms with Gasteiger partial charge in [-0.25, -0.2) is 19.4 Å². The minimum absolute atomic E-state index is 0.0497. The van der Waals surface area contributed by atoms with Gasteiger partial charge in [-0.1, -0.05) is 11.6 Å². The zero-order valence-corrected chi connectivity index (χ0v) is 19.5. The second-order valence-electron chi connectivity index (χ2n) is 9.89. The van der Waals surface area contributed by atoms with Crippen LogP contribution in [0.25, 0.3) is 0 Å². The minimum Gasteiger partial charge on any atom is -0.446 e. The Morgan fingerprint density at radius 3 is 2.75 bits per heavy atom. The van der Waals surface area contributed by atoms with Gasteiger partial charge in [0.2, 0.25) is 0 Å². The third-order valence-corrected chi connectivity index (χ3v) is 6.20. The van der Waals surface area contributed by atoms with Crippen LogP contribution in [-0.4, -0.2) is 37.5 Å². The molecule has 0 aliphatic heterocycles. The van der Waals surface area contributed by atoms with E-state index in [2.05, 4.69) is 41.4 Å². The summed E-state index contributed by atoms with van der Waals surface area (Å²) < 4.78 is 7.56. The van der Waals surface area contributed by atoms with Crippen LogP contribution in [0.1, 0.15) is 77.1 Å². The van der Waals surface area contributed by atoms with E-state index >= 15 is 0 Å². The van der Waals surface area contributed by atoms with E-state index in [1.807, 2.05) is 23.7 Å². The number of hydrogen-bond acceptors (Lipinski definition) is 7. The summed E-state index contributed by atoms with van der Waals surface area (Å²) >= 11 is 6.03. The number of anilines is 2. The highest BCUT2D eigenvalue weighted by atomic mass is 35.5. The Morgan fingerprint density at radius 1 is 1.38 bits per heavy atom. The average Bonchev–Trinajstić information content (AvgIpc) is 3.09. The molecule has 2 N–H and O–H groups in total. The number of alkyl carbamates (subject to hydrolysis) is 1. The Hall–Kier alpha value is -2.86. The zero-order valence-electron chi connectivity index (χ0n) is 18.8. The molecule has 170 valence electrons. The highest BCUT2D eigenvalue weighted by molar-refractivity contribution is 6.30. The van der Waals surface area contributed by atoms with Crippen LogP contribution in [0, 0.1) is 11.3 Å². The van der Waals surface area contributed by atoms with Gasteiger partial charge in [0.05, 0.1) is 17.4 Å². The number of ether oxygens (including phenoxy) is 1. The topological polar surface area (TPSA) is 118 Å². The van der Waals surface area contributed by atoms with E-state index < -0.39 is 0 Å². The van der Waals surface area contributed by atoms with Gasteiger partial charge in [-0.3, -0.25) is 0 Å². The molecule has 2 aromatic heterocycles. The number of amides is 1. The first-order chi connectivity index (χ1) is 15.1. The lowest BCUT2D eigenvalue weighted by molar-refractivity contribution is 0.0967. The molecule has 2 heterocycles. The molecule has 0 aromatic carbocycles. The molecular weight excluding hydrogens is 430 g/mol. The first-order valence-electron chi connectivity index (χ1n) is 10.9. The van der Waals surface area contributed by atoms with E-state index in [0.29, 0.717) is 5.82 Å². The van der Waals surface area contributed by atoms with E-state index in [1.54, 1.807) is 0 Å². The lowest BCUT2D eigenvalue weighted by Crippen LogP contribution is -2.36. The number of nitriles is 1. The molecule has 0 saturated heterocycles. The third kappa shape index (κ3) is 4.96. The predicted octanol–water partition coefficient (Wildman–Crippen LogP) is 4.61. The molecule has 2 saturated carbocycles. The fourth-order valence-electron chi connectivity index (χ4n) is 3.89. The highest BCUT2D eigenvalue weighted by Crippen LogP contribution is 2.38. The van der Waals surface area contributed by atoms with Gasteiger partial charge in [0.15, 0.2) is 16.7 Å². The Bertz CT molecular complexity index is 1070. The molecule has 9 nitrogen and oxygen atoms in total. The van der Waals surface area contributed by atoms with Gasteiger partial charge >= 0.3 is 6.09 Å². The largest absolute Gasteiger partial charge is 0.446 e. The van der Waals surface area contributed by atoms with Crippen molar-refractivity contribution in [3.63, 3.8) is 0 Å². The molecule has 2 fully saturated rings. The van der Waals surface area contributed by atoms with Gasteiger partial charge in [0.25, 0.3) is 0 Å². The molecule has 0 spiro atoms. The summed E-state index contributed by atoms with van der Waals surface area (Å²) in [6.07, 6.45) is 5.51. The lowest BCUT2D eigenvalue weighted by Gasteiger charge is -2.22. The zero-order chi connectivity index (χ0) is 23.1. The maximum atomic E-state index is 12.2. The van der Waals surface area contributed by atoms with Gasteiger partial charge < -0.3 is 15.4 Å². The third-order valence-electron chi connectivity index (χ3n) is 5.94. The molecule has 2 aliphatic carbocycles. The van der Waals surface area contributed by atoms with Crippen LogP contribution in [0.2, 0.25) is 5.15 Å². The first-order valence-corrected chi connectivity index (χ1v) is 11.2. The highest BCUT2D eigenvalue weighted by Gasteiger charge is 2.40. The summed E-state index contributed by atoms with van der Waals surface area (Å²) in [6.45, 7) is 8.23. The Kier molecular flexibility index (Phi) is 5.76. The summed E-state index contributed by atoms with van der Waals surface area (Å²) in [6, 6.07) is 3.90. The van der Waals surface area contributed by atoms with Crippen molar-refractivity contribution in [2.75, 3.05) is 5.32 Å². The SMILES string of the molecule is CC1(NC(=O)O[C@@H]2CC[C@H](c3cc(Nc4cnc(C#N)c(Cl)n4)n(C(C)(C)C)n3)C2)CC1. The van der Waals surface area contributed by atoms with E-state index in [1.165, 1.54) is 6.20 Å². The van der Waals surface area contributed by atoms with E-state index in [-0.39, 0.29) is 40.0 Å². The molecule has 1 amide bonds. The van der Waals surface area contributed by atoms with Crippen LogP contribution >= 0.6 is 11.6 Å². The van der Waals surface area contributed by atoms with Crippen molar-refractivity contribution < 1.29 is 9.53 Å². The predicted molar refractivity (Wildman–Crippen MR) is 120 cm³/mol. The van der Waals surface area contributed by atoms with Crippen LogP contribution in [-0.2, 0) is 10.3 Å². The smallest absolute Gasteiger partial charge is 0.407 e. The molecule has 2 aromatic rings. The van der Waals surface area contributed by atoms with E-state index in [4.69, 9.17) is 26.7 Å². The Balaban J connectivity index is 1.48. The molecule has 4 rings (SSSR count). The number of nitrogens with zero attached hydrogens (tertiary/aromatic N) is 5. The molecule has 2 atom stereocenters. The number of hydrogen-bond donors (Lipinski definition) is 2. The van der Waals surface area contributed by atoms with Crippen molar-refractivity contribution >= 4 is 29.3 Å². The summed E-state index contributed by atoms with van der Waals surface area (Å²) in [5.41, 5.74) is 0.659. The number of aromatic nitrogens is 4. The summed E-state index contributed by atoms with van der Waals surface area (Å²) in [4.78, 5) is 20.4. The van der Waals surface area contributed by atoms with Crippen molar-refractivity contribution in [2.24, 2.45) is 0 Å². The standard InChI is InChI=1S/C22H28ClN7O2/c1-21(2,3)30-18(26-17-12-25-16(11-24)19(23)27-17)10-15(29-30)13-5-6-14(9-13)32-20(31)28-22(4)7-8-22/h10,12-14H,5-9H2,1-4H3,(H,26,27)(H,28,31)/t13-,14+/m0/s1. The van der Waals surface area contributed by atoms with Crippen molar-refractivity contribution in [1.82, 2.24) is 25.1 Å². The fourth-order valence-corrected chi connectivity index (χ4v) is 4.07. The van der Waals surface area contributed by atoms with Crippen molar-refractivity contribution in [3.05, 3.63) is 28.8 Å². The summed E-state index contributed by atoms with van der Waals surface area (Å²) in [7, 11) is 0. The fraction of sp³-hybridized carbons (Fsp3) is 0.591. The van der Waals surface area contributed by atoms with Crippen LogP contribution in [0.3, 0.4) is 0 Å². The van der Waals surface area contributed by atoms with Crippen LogP contribution in [0.4, 0.5) is 16.4 Å². The molecule has 32 heavy (non-hydrogen) atoms. The number of halogens is 1. The Labute approximate surface area is 192 Å². The molecule has 10 heteroatoms. The monoisotopic (exact) mass is 457 g/mol. The van der Waals surface area contributed by atoms with Crippen LogP contribution < -0.4 is 10.6 Å². The molecular formula is C22H28ClN7O2. The second kappa shape index (κ2) is 8.24. The average molecular weight is 458 g/mol. The first kappa shape index (κ1) is 22.3. The van der Waals surface area contributed by atoms with Gasteiger partial charge in [0.1, 0.15) is 18.0 Å². The van der Waals surface area contributed by atoms with Crippen molar-refractivity contribution in [2.45, 2.75) is 82.9 Å². The maximum absolute atomic E-state index is 12.2. The normalized spacial score (nSPS) is 21.6. The van der Waals surface area contributed by atoms with Crippen LogP contribution in [0.5, 0.6) is 0 Å². The van der Waals surface area contributed by atoms with Gasteiger partial charge in [-0.15, -0.1) is 0 Å². The number of rotatable bonds is 5. The summed E-state index contributed by atoms with van der Waals surface area (Å²) in [5.74, 6) is 1.39. The van der Waals surface area contributed by atoms with Gasteiger partial charge in [-0.05, 0) is 59.8 Å². The molecule has 0 radical (unpaired) electrons. The van der Waals surface area contributed by atoms with E-state index in [0.717, 1.165) is 43.6 Å². The number of nitrogens with one attached hydrogen (secondary N) is 2. The van der Waals surface area contributed by atoms with E-state index in [9.17, 15) is 4.79 Å². The van der Waals surface area contributed by atoms with Crippen molar-refractivity contribution in [1.29, 1.82) is 5.26 Å². The van der Waals surface area contributed by atoms with Gasteiger partial charge in [-0.2, -0.15) is 10.4 Å². The quantitative estimate of drug-likeness (QED) is 0.672. The second-order valence-corrected chi connectivity index (χ2v) is 10.2. The Morgan fingerprint density at radius 2 is 2.12 bits per heavy atom. The molecule has 2 aliphatic rings. The number of carbonyl (C=O) groups is 1.